The minimum Gasteiger partial charge on any atom is -0.385 e. The quantitative estimate of drug-likeness (QED) is 0.440. The van der Waals surface area contributed by atoms with Gasteiger partial charge in [-0.05, 0) is 74.8 Å². The molecule has 2 N–H and O–H groups in total. The van der Waals surface area contributed by atoms with E-state index in [0.29, 0.717) is 17.9 Å². The van der Waals surface area contributed by atoms with Crippen LogP contribution in [0.2, 0.25) is 0 Å². The molecule has 4 aliphatic rings. The number of hydrogen-bond donors (Lipinski definition) is 2. The van der Waals surface area contributed by atoms with E-state index in [1.165, 1.54) is 18.5 Å². The number of nitrogens with one attached hydrogen (secondary N) is 2. The summed E-state index contributed by atoms with van der Waals surface area (Å²) in [6, 6.07) is 8.68. The molecule has 3 aromatic rings. The van der Waals surface area contributed by atoms with E-state index in [0.717, 1.165) is 46.8 Å². The number of benzene rings is 1. The number of fused-ring (bicyclic) bond motifs is 1. The number of hydrogen-bond acceptors (Lipinski definition) is 7. The van der Waals surface area contributed by atoms with Gasteiger partial charge in [0.25, 0.3) is 11.8 Å². The smallest absolute Gasteiger partial charge is 0.262 e. The number of aromatic nitrogens is 3. The number of nitrogens with zero attached hydrogens (tertiary/aromatic N) is 4. The fraction of sp³-hybridized carbons (Fsp3) is 0.400. The molecule has 10 heteroatoms. The largest absolute Gasteiger partial charge is 0.385 e. The van der Waals surface area contributed by atoms with E-state index in [1.807, 2.05) is 13.1 Å². The molecule has 0 radical (unpaired) electrons. The van der Waals surface area contributed by atoms with Crippen molar-refractivity contribution in [3.8, 4) is 11.3 Å². The molecule has 4 heterocycles. The van der Waals surface area contributed by atoms with E-state index < -0.39 is 23.8 Å². The molecule has 1 saturated heterocycles. The molecule has 1 aromatic carbocycles. The summed E-state index contributed by atoms with van der Waals surface area (Å²) in [6.45, 7) is 2.79. The lowest BCUT2D eigenvalue weighted by molar-refractivity contribution is -0.136. The number of anilines is 1. The average molecular weight is 539 g/mol. The molecule has 0 bridgehead atoms. The number of amides is 4. The van der Waals surface area contributed by atoms with Crippen molar-refractivity contribution in [3.05, 3.63) is 65.1 Å². The Kier molecular flexibility index (Phi) is 5.80. The van der Waals surface area contributed by atoms with E-state index in [-0.39, 0.29) is 29.9 Å². The molecule has 1 atom stereocenters. The number of rotatable bonds is 7. The number of aryl methyl sites for hydroxylation is 1. The van der Waals surface area contributed by atoms with Gasteiger partial charge in [0.15, 0.2) is 0 Å². The van der Waals surface area contributed by atoms with Crippen LogP contribution in [-0.4, -0.2) is 55.9 Å². The Hall–Kier alpha value is -4.34. The second kappa shape index (κ2) is 9.39. The summed E-state index contributed by atoms with van der Waals surface area (Å²) in [5, 5.41) is 10.6. The van der Waals surface area contributed by atoms with E-state index >= 15 is 0 Å². The molecule has 2 aliphatic carbocycles. The first-order chi connectivity index (χ1) is 19.4. The van der Waals surface area contributed by atoms with Gasteiger partial charge >= 0.3 is 0 Å². The van der Waals surface area contributed by atoms with Gasteiger partial charge in [-0.1, -0.05) is 6.07 Å². The van der Waals surface area contributed by atoms with Crippen LogP contribution in [0.25, 0.3) is 11.3 Å². The van der Waals surface area contributed by atoms with Gasteiger partial charge in [-0.15, -0.1) is 0 Å². The van der Waals surface area contributed by atoms with Gasteiger partial charge in [-0.2, -0.15) is 5.10 Å². The molecule has 4 amide bonds. The maximum absolute atomic E-state index is 13.1. The Morgan fingerprint density at radius 3 is 2.50 bits per heavy atom. The molecule has 7 rings (SSSR count). The van der Waals surface area contributed by atoms with Crippen LogP contribution in [0.3, 0.4) is 0 Å². The molecule has 0 spiro atoms. The van der Waals surface area contributed by atoms with Crippen molar-refractivity contribution >= 4 is 29.3 Å². The maximum atomic E-state index is 13.1. The monoisotopic (exact) mass is 538 g/mol. The van der Waals surface area contributed by atoms with Gasteiger partial charge in [0.1, 0.15) is 6.04 Å². The highest BCUT2D eigenvalue weighted by Crippen LogP contribution is 2.45. The maximum Gasteiger partial charge on any atom is 0.262 e. The SMILES string of the molecule is Cc1ccc(-c2cn([C@H]3C[C@H](CNc4ccc5c(c4)C(=O)N(C4CCC(=O)NC4=O)C5=O)C3)nc2C2CC2)nc1. The van der Waals surface area contributed by atoms with Crippen molar-refractivity contribution in [1.82, 2.24) is 25.0 Å². The van der Waals surface area contributed by atoms with Gasteiger partial charge in [0, 0.05) is 42.5 Å². The average Bonchev–Trinajstić information content (AvgIpc) is 3.63. The van der Waals surface area contributed by atoms with E-state index in [4.69, 9.17) is 5.10 Å². The van der Waals surface area contributed by atoms with Crippen LogP contribution in [0.1, 0.15) is 82.5 Å². The molecule has 3 fully saturated rings. The van der Waals surface area contributed by atoms with Crippen LogP contribution < -0.4 is 10.6 Å². The van der Waals surface area contributed by atoms with Crippen molar-refractivity contribution in [3.63, 3.8) is 0 Å². The first-order valence-corrected chi connectivity index (χ1v) is 14.0. The van der Waals surface area contributed by atoms with Crippen molar-refractivity contribution in [2.75, 3.05) is 11.9 Å². The molecule has 10 nitrogen and oxygen atoms in total. The molecular weight excluding hydrogens is 508 g/mol. The summed E-state index contributed by atoms with van der Waals surface area (Å²) in [5.74, 6) is -0.976. The van der Waals surface area contributed by atoms with Crippen LogP contribution in [0.5, 0.6) is 0 Å². The normalized spacial score (nSPS) is 24.1. The Balaban J connectivity index is 0.986. The van der Waals surface area contributed by atoms with E-state index in [9.17, 15) is 19.2 Å². The molecular formula is C30H30N6O4. The van der Waals surface area contributed by atoms with Crippen LogP contribution >= 0.6 is 0 Å². The fourth-order valence-electron chi connectivity index (χ4n) is 6.00. The Morgan fingerprint density at radius 2 is 1.77 bits per heavy atom. The Bertz CT molecular complexity index is 1550. The molecule has 40 heavy (non-hydrogen) atoms. The minimum atomic E-state index is -0.960. The van der Waals surface area contributed by atoms with Gasteiger partial charge < -0.3 is 5.32 Å². The highest BCUT2D eigenvalue weighted by molar-refractivity contribution is 6.23. The van der Waals surface area contributed by atoms with Crippen LogP contribution in [0, 0.1) is 12.8 Å². The molecule has 1 unspecified atom stereocenters. The van der Waals surface area contributed by atoms with Gasteiger partial charge in [-0.3, -0.25) is 39.1 Å². The van der Waals surface area contributed by atoms with Crippen molar-refractivity contribution < 1.29 is 19.2 Å². The van der Waals surface area contributed by atoms with Gasteiger partial charge in [0.2, 0.25) is 11.8 Å². The molecule has 2 saturated carbocycles. The zero-order chi connectivity index (χ0) is 27.5. The Morgan fingerprint density at radius 1 is 0.975 bits per heavy atom. The lowest BCUT2D eigenvalue weighted by Crippen LogP contribution is -2.54. The van der Waals surface area contributed by atoms with Crippen LogP contribution in [-0.2, 0) is 9.59 Å². The van der Waals surface area contributed by atoms with Crippen LogP contribution in [0.15, 0.2) is 42.7 Å². The standard InChI is InChI=1S/C30H30N6O4/c1-16-2-7-24(32-13-16)23-15-35(34-27(23)18-3-4-18)20-10-17(11-20)14-31-19-5-6-21-22(12-19)30(40)36(29(21)39)25-8-9-26(37)33-28(25)38/h2,5-7,12-13,15,17-18,20,25,31H,3-4,8-11,14H2,1H3,(H,33,37,38)/t17-,20-,25?. The molecule has 204 valence electrons. The predicted octanol–water partition coefficient (Wildman–Crippen LogP) is 3.60. The number of imide groups is 2. The zero-order valence-corrected chi connectivity index (χ0v) is 22.2. The van der Waals surface area contributed by atoms with Crippen LogP contribution in [0.4, 0.5) is 5.69 Å². The third-order valence-electron chi connectivity index (χ3n) is 8.53. The zero-order valence-electron chi connectivity index (χ0n) is 22.2. The summed E-state index contributed by atoms with van der Waals surface area (Å²) in [7, 11) is 0. The third-order valence-corrected chi connectivity index (χ3v) is 8.53. The second-order valence-corrected chi connectivity index (χ2v) is 11.5. The van der Waals surface area contributed by atoms with E-state index in [2.05, 4.69) is 38.6 Å². The Labute approximate surface area is 231 Å². The van der Waals surface area contributed by atoms with Crippen molar-refractivity contribution in [1.29, 1.82) is 0 Å². The van der Waals surface area contributed by atoms with E-state index in [1.54, 1.807) is 18.2 Å². The molecule has 2 aromatic heterocycles. The minimum absolute atomic E-state index is 0.101. The first-order valence-electron chi connectivity index (χ1n) is 14.0. The fourth-order valence-corrected chi connectivity index (χ4v) is 6.00. The summed E-state index contributed by atoms with van der Waals surface area (Å²) < 4.78 is 2.13. The van der Waals surface area contributed by atoms with Crippen molar-refractivity contribution in [2.45, 2.75) is 63.5 Å². The summed E-state index contributed by atoms with van der Waals surface area (Å²) >= 11 is 0. The first kappa shape index (κ1) is 24.7. The number of carbonyl (C=O) groups is 4. The van der Waals surface area contributed by atoms with Gasteiger partial charge in [0.05, 0.1) is 28.6 Å². The highest BCUT2D eigenvalue weighted by atomic mass is 16.2. The summed E-state index contributed by atoms with van der Waals surface area (Å²) in [5.41, 5.74) is 5.77. The summed E-state index contributed by atoms with van der Waals surface area (Å²) in [4.78, 5) is 55.4. The third kappa shape index (κ3) is 4.27. The lowest BCUT2D eigenvalue weighted by Gasteiger charge is -2.35. The second-order valence-electron chi connectivity index (χ2n) is 11.5. The summed E-state index contributed by atoms with van der Waals surface area (Å²) in [6.07, 6.45) is 8.70. The molecule has 2 aliphatic heterocycles. The topological polar surface area (TPSA) is 126 Å². The highest BCUT2D eigenvalue weighted by Gasteiger charge is 2.44. The number of piperidine rings is 1. The van der Waals surface area contributed by atoms with Crippen molar-refractivity contribution in [2.24, 2.45) is 5.92 Å². The van der Waals surface area contributed by atoms with Gasteiger partial charge in [-0.25, -0.2) is 0 Å². The number of carbonyl (C=O) groups excluding carboxylic acids is 4. The predicted molar refractivity (Wildman–Crippen MR) is 146 cm³/mol. The lowest BCUT2D eigenvalue weighted by atomic mass is 9.80. The number of pyridine rings is 1.